The molecule has 0 spiro atoms. The fraction of sp³-hybridized carbons (Fsp3) is 0.467. The third kappa shape index (κ3) is 3.28. The summed E-state index contributed by atoms with van der Waals surface area (Å²) in [6.07, 6.45) is 1.17. The zero-order chi connectivity index (χ0) is 14.7. The molecular weight excluding hydrogens is 264 g/mol. The lowest BCUT2D eigenvalue weighted by Gasteiger charge is -2.30. The van der Waals surface area contributed by atoms with E-state index in [4.69, 9.17) is 0 Å². The van der Waals surface area contributed by atoms with Crippen molar-refractivity contribution >= 4 is 11.6 Å². The lowest BCUT2D eigenvalue weighted by atomic mass is 9.94. The highest BCUT2D eigenvalue weighted by atomic mass is 19.1. The quantitative estimate of drug-likeness (QED) is 0.796. The normalized spacial score (nSPS) is 20.1. The van der Waals surface area contributed by atoms with E-state index < -0.39 is 11.6 Å². The van der Waals surface area contributed by atoms with E-state index in [0.29, 0.717) is 25.6 Å². The van der Waals surface area contributed by atoms with Gasteiger partial charge in [-0.25, -0.2) is 8.78 Å². The summed E-state index contributed by atoms with van der Waals surface area (Å²) in [6.45, 7) is 3.05. The second-order valence-corrected chi connectivity index (χ2v) is 5.10. The number of ketones is 2. The molecule has 0 N–H and O–H groups in total. The van der Waals surface area contributed by atoms with Crippen LogP contribution in [-0.2, 0) is 4.79 Å². The summed E-state index contributed by atoms with van der Waals surface area (Å²) in [7, 11) is 0. The summed E-state index contributed by atoms with van der Waals surface area (Å²) in [4.78, 5) is 25.5. The Balaban J connectivity index is 2.03. The van der Waals surface area contributed by atoms with Gasteiger partial charge in [0.2, 0.25) is 0 Å². The minimum Gasteiger partial charge on any atom is -0.299 e. The number of piperidine rings is 1. The minimum absolute atomic E-state index is 0.0467. The lowest BCUT2D eigenvalue weighted by molar-refractivity contribution is -0.126. The molecular formula is C15H17F2NO2. The number of nitrogens with zero attached hydrogens (tertiary/aromatic N) is 1. The van der Waals surface area contributed by atoms with Gasteiger partial charge in [-0.05, 0) is 18.6 Å². The van der Waals surface area contributed by atoms with Crippen LogP contribution in [0.15, 0.2) is 18.2 Å². The standard InChI is InChI=1S/C15H17F2NO2/c1-2-10-8-18(6-5-14(10)19)9-15(20)12-4-3-11(16)7-13(12)17/h3-4,7,10H,2,5-6,8-9H2,1H3. The van der Waals surface area contributed by atoms with Gasteiger partial charge in [0, 0.05) is 31.5 Å². The van der Waals surface area contributed by atoms with E-state index in [1.54, 1.807) is 0 Å². The molecule has 0 bridgehead atoms. The van der Waals surface area contributed by atoms with E-state index in [1.165, 1.54) is 6.07 Å². The van der Waals surface area contributed by atoms with Crippen LogP contribution in [0.25, 0.3) is 0 Å². The van der Waals surface area contributed by atoms with E-state index >= 15 is 0 Å². The molecule has 1 aromatic carbocycles. The molecule has 0 radical (unpaired) electrons. The third-order valence-electron chi connectivity index (χ3n) is 3.70. The molecule has 0 amide bonds. The molecule has 3 nitrogen and oxygen atoms in total. The van der Waals surface area contributed by atoms with Crippen LogP contribution in [0.5, 0.6) is 0 Å². The smallest absolute Gasteiger partial charge is 0.179 e. The summed E-state index contributed by atoms with van der Waals surface area (Å²) >= 11 is 0. The molecule has 0 aromatic heterocycles. The molecule has 1 aliphatic rings. The SMILES string of the molecule is CCC1CN(CC(=O)c2ccc(F)cc2F)CCC1=O. The zero-order valence-corrected chi connectivity index (χ0v) is 11.4. The van der Waals surface area contributed by atoms with Gasteiger partial charge in [-0.3, -0.25) is 14.5 Å². The summed E-state index contributed by atoms with van der Waals surface area (Å²) < 4.78 is 26.3. The highest BCUT2D eigenvalue weighted by Gasteiger charge is 2.27. The van der Waals surface area contributed by atoms with Crippen LogP contribution in [-0.4, -0.2) is 36.1 Å². The molecule has 5 heteroatoms. The van der Waals surface area contributed by atoms with E-state index in [-0.39, 0.29) is 29.6 Å². The van der Waals surface area contributed by atoms with E-state index in [0.717, 1.165) is 12.5 Å². The molecule has 0 aliphatic carbocycles. The average molecular weight is 281 g/mol. The Labute approximate surface area is 116 Å². The van der Waals surface area contributed by atoms with Gasteiger partial charge in [0.25, 0.3) is 0 Å². The fourth-order valence-electron chi connectivity index (χ4n) is 2.48. The number of hydrogen-bond donors (Lipinski definition) is 0. The highest BCUT2D eigenvalue weighted by molar-refractivity contribution is 5.98. The van der Waals surface area contributed by atoms with Gasteiger partial charge < -0.3 is 0 Å². The monoisotopic (exact) mass is 281 g/mol. The topological polar surface area (TPSA) is 37.4 Å². The maximum Gasteiger partial charge on any atom is 0.179 e. The van der Waals surface area contributed by atoms with Crippen molar-refractivity contribution in [3.8, 4) is 0 Å². The maximum absolute atomic E-state index is 13.5. The summed E-state index contributed by atoms with van der Waals surface area (Å²) in [5.41, 5.74) is -0.101. The maximum atomic E-state index is 13.5. The van der Waals surface area contributed by atoms with Gasteiger partial charge in [-0.15, -0.1) is 0 Å². The van der Waals surface area contributed by atoms with E-state index in [2.05, 4.69) is 0 Å². The van der Waals surface area contributed by atoms with Crippen molar-refractivity contribution in [3.05, 3.63) is 35.4 Å². The van der Waals surface area contributed by atoms with Gasteiger partial charge in [-0.1, -0.05) is 6.92 Å². The Morgan fingerprint density at radius 2 is 2.15 bits per heavy atom. The summed E-state index contributed by atoms with van der Waals surface area (Å²) in [5.74, 6) is -1.74. The Kier molecular flexibility index (Phi) is 4.60. The van der Waals surface area contributed by atoms with Crippen molar-refractivity contribution in [1.29, 1.82) is 0 Å². The van der Waals surface area contributed by atoms with Gasteiger partial charge in [0.05, 0.1) is 12.1 Å². The largest absolute Gasteiger partial charge is 0.299 e. The summed E-state index contributed by atoms with van der Waals surface area (Å²) in [5, 5.41) is 0. The molecule has 108 valence electrons. The van der Waals surface area contributed by atoms with Crippen LogP contribution >= 0.6 is 0 Å². The molecule has 1 aromatic rings. The third-order valence-corrected chi connectivity index (χ3v) is 3.70. The molecule has 20 heavy (non-hydrogen) atoms. The number of halogens is 2. The Morgan fingerprint density at radius 3 is 2.80 bits per heavy atom. The number of likely N-dealkylation sites (tertiary alicyclic amines) is 1. The number of hydrogen-bond acceptors (Lipinski definition) is 3. The summed E-state index contributed by atoms with van der Waals surface area (Å²) in [6, 6.07) is 2.95. The number of benzene rings is 1. The minimum atomic E-state index is -0.838. The van der Waals surface area contributed by atoms with Crippen LogP contribution in [0.1, 0.15) is 30.1 Å². The van der Waals surface area contributed by atoms with E-state index in [1.807, 2.05) is 11.8 Å². The Hall–Kier alpha value is -1.62. The van der Waals surface area contributed by atoms with Crippen LogP contribution in [0.2, 0.25) is 0 Å². The van der Waals surface area contributed by atoms with Gasteiger partial charge >= 0.3 is 0 Å². The van der Waals surface area contributed by atoms with Crippen molar-refractivity contribution in [2.75, 3.05) is 19.6 Å². The number of carbonyl (C=O) groups excluding carboxylic acids is 2. The second-order valence-electron chi connectivity index (χ2n) is 5.10. The van der Waals surface area contributed by atoms with Gasteiger partial charge in [0.15, 0.2) is 5.78 Å². The fourth-order valence-corrected chi connectivity index (χ4v) is 2.48. The molecule has 1 fully saturated rings. The first-order chi connectivity index (χ1) is 9.51. The van der Waals surface area contributed by atoms with Gasteiger partial charge in [-0.2, -0.15) is 0 Å². The molecule has 1 unspecified atom stereocenters. The lowest BCUT2D eigenvalue weighted by Crippen LogP contribution is -2.43. The molecule has 0 saturated carbocycles. The first kappa shape index (κ1) is 14.8. The first-order valence-corrected chi connectivity index (χ1v) is 6.74. The Morgan fingerprint density at radius 1 is 1.40 bits per heavy atom. The second kappa shape index (κ2) is 6.22. The molecule has 1 aliphatic heterocycles. The van der Waals surface area contributed by atoms with E-state index in [9.17, 15) is 18.4 Å². The van der Waals surface area contributed by atoms with Crippen molar-refractivity contribution in [3.63, 3.8) is 0 Å². The molecule has 1 heterocycles. The predicted molar refractivity (Wildman–Crippen MR) is 70.5 cm³/mol. The predicted octanol–water partition coefficient (Wildman–Crippen LogP) is 2.45. The van der Waals surface area contributed by atoms with Crippen LogP contribution in [0.4, 0.5) is 8.78 Å². The molecule has 1 saturated heterocycles. The average Bonchev–Trinajstić information content (AvgIpc) is 2.40. The van der Waals surface area contributed by atoms with Crippen molar-refractivity contribution in [2.45, 2.75) is 19.8 Å². The Bertz CT molecular complexity index is 531. The highest BCUT2D eigenvalue weighted by Crippen LogP contribution is 2.17. The van der Waals surface area contributed by atoms with Gasteiger partial charge in [0.1, 0.15) is 17.4 Å². The van der Waals surface area contributed by atoms with Crippen molar-refractivity contribution in [2.24, 2.45) is 5.92 Å². The van der Waals surface area contributed by atoms with Crippen molar-refractivity contribution in [1.82, 2.24) is 4.90 Å². The molecule has 1 atom stereocenters. The van der Waals surface area contributed by atoms with Crippen LogP contribution in [0, 0.1) is 17.6 Å². The first-order valence-electron chi connectivity index (χ1n) is 6.74. The number of Topliss-reactive ketones (excluding diaryl/α,β-unsaturated/α-hetero) is 2. The number of rotatable bonds is 4. The van der Waals surface area contributed by atoms with Crippen molar-refractivity contribution < 1.29 is 18.4 Å². The zero-order valence-electron chi connectivity index (χ0n) is 11.4. The molecule has 2 rings (SSSR count). The van der Waals surface area contributed by atoms with Crippen LogP contribution in [0.3, 0.4) is 0 Å². The van der Waals surface area contributed by atoms with Crippen LogP contribution < -0.4 is 0 Å². The number of carbonyl (C=O) groups is 2.